The van der Waals surface area contributed by atoms with E-state index in [0.717, 1.165) is 52.0 Å². The Kier molecular flexibility index (Phi) is 5.46. The molecule has 2 N–H and O–H groups in total. The van der Waals surface area contributed by atoms with E-state index >= 15 is 0 Å². The number of ether oxygens (including phenoxy) is 2. The first-order valence-corrected chi connectivity index (χ1v) is 8.11. The summed E-state index contributed by atoms with van der Waals surface area (Å²) in [4.78, 5) is 0. The fourth-order valence-corrected chi connectivity index (χ4v) is 3.36. The van der Waals surface area contributed by atoms with Gasteiger partial charge in [0.2, 0.25) is 0 Å². The largest absolute Gasteiger partial charge is 0.375 e. The Morgan fingerprint density at radius 1 is 0.800 bits per heavy atom. The van der Waals surface area contributed by atoms with Crippen LogP contribution in [-0.2, 0) is 9.47 Å². The van der Waals surface area contributed by atoms with Gasteiger partial charge in [-0.25, -0.2) is 0 Å². The van der Waals surface area contributed by atoms with E-state index in [1.165, 1.54) is 0 Å². The maximum atomic E-state index is 5.75. The molecule has 4 heteroatoms. The van der Waals surface area contributed by atoms with E-state index in [2.05, 4.69) is 38.3 Å². The average Bonchev–Trinajstić information content (AvgIpc) is 2.32. The van der Waals surface area contributed by atoms with E-state index in [0.29, 0.717) is 12.1 Å². The minimum atomic E-state index is 0.0358. The molecule has 2 rings (SSSR count). The summed E-state index contributed by atoms with van der Waals surface area (Å²) in [6.45, 7) is 12.6. The molecule has 0 amide bonds. The molecule has 2 aliphatic rings. The van der Waals surface area contributed by atoms with Gasteiger partial charge in [-0.1, -0.05) is 0 Å². The monoisotopic (exact) mass is 284 g/mol. The first kappa shape index (κ1) is 16.2. The van der Waals surface area contributed by atoms with Crippen molar-refractivity contribution in [2.75, 3.05) is 26.3 Å². The Morgan fingerprint density at radius 3 is 1.55 bits per heavy atom. The Hall–Kier alpha value is -0.160. The van der Waals surface area contributed by atoms with Crippen molar-refractivity contribution in [1.82, 2.24) is 10.6 Å². The SMILES string of the molecule is CC1(C)C[C@H](NCCN[C@@H]2CCOC(C)(C)C2)CCO1. The normalized spacial score (nSPS) is 33.0. The number of hydrogen-bond donors (Lipinski definition) is 2. The molecule has 2 heterocycles. The van der Waals surface area contributed by atoms with E-state index < -0.39 is 0 Å². The predicted molar refractivity (Wildman–Crippen MR) is 82.1 cm³/mol. The van der Waals surface area contributed by atoms with Gasteiger partial charge in [-0.3, -0.25) is 0 Å². The molecule has 20 heavy (non-hydrogen) atoms. The molecule has 0 radical (unpaired) electrons. The summed E-state index contributed by atoms with van der Waals surface area (Å²) < 4.78 is 11.5. The van der Waals surface area contributed by atoms with Crippen molar-refractivity contribution in [3.8, 4) is 0 Å². The van der Waals surface area contributed by atoms with Gasteiger partial charge in [0.15, 0.2) is 0 Å². The first-order chi connectivity index (χ1) is 9.36. The van der Waals surface area contributed by atoms with Crippen molar-refractivity contribution in [3.05, 3.63) is 0 Å². The Morgan fingerprint density at radius 2 is 1.20 bits per heavy atom. The van der Waals surface area contributed by atoms with Crippen LogP contribution in [0, 0.1) is 0 Å². The van der Waals surface area contributed by atoms with Gasteiger partial charge in [0.25, 0.3) is 0 Å². The molecule has 2 aliphatic heterocycles. The van der Waals surface area contributed by atoms with Crippen LogP contribution in [0.15, 0.2) is 0 Å². The lowest BCUT2D eigenvalue weighted by atomic mass is 9.93. The lowest BCUT2D eigenvalue weighted by Crippen LogP contribution is -2.48. The summed E-state index contributed by atoms with van der Waals surface area (Å²) in [5.74, 6) is 0. The first-order valence-electron chi connectivity index (χ1n) is 8.11. The Bertz CT molecular complexity index is 275. The summed E-state index contributed by atoms with van der Waals surface area (Å²) in [5, 5.41) is 7.33. The van der Waals surface area contributed by atoms with Gasteiger partial charge >= 0.3 is 0 Å². The topological polar surface area (TPSA) is 42.5 Å². The number of rotatable bonds is 5. The maximum Gasteiger partial charge on any atom is 0.0641 e. The molecule has 0 aromatic heterocycles. The molecule has 0 spiro atoms. The third kappa shape index (κ3) is 5.32. The molecule has 0 aliphatic carbocycles. The highest BCUT2D eigenvalue weighted by Crippen LogP contribution is 2.24. The minimum Gasteiger partial charge on any atom is -0.375 e. The van der Waals surface area contributed by atoms with Crippen LogP contribution >= 0.6 is 0 Å². The molecule has 2 saturated heterocycles. The molecule has 2 atom stereocenters. The van der Waals surface area contributed by atoms with E-state index in [1.807, 2.05) is 0 Å². The van der Waals surface area contributed by atoms with Gasteiger partial charge < -0.3 is 20.1 Å². The summed E-state index contributed by atoms with van der Waals surface area (Å²) >= 11 is 0. The van der Waals surface area contributed by atoms with Gasteiger partial charge in [0.1, 0.15) is 0 Å². The van der Waals surface area contributed by atoms with E-state index in [9.17, 15) is 0 Å². The fourth-order valence-electron chi connectivity index (χ4n) is 3.36. The fraction of sp³-hybridized carbons (Fsp3) is 1.00. The number of nitrogens with one attached hydrogen (secondary N) is 2. The maximum absolute atomic E-state index is 5.75. The van der Waals surface area contributed by atoms with Crippen LogP contribution in [0.25, 0.3) is 0 Å². The van der Waals surface area contributed by atoms with Crippen LogP contribution in [0.5, 0.6) is 0 Å². The van der Waals surface area contributed by atoms with E-state index in [4.69, 9.17) is 9.47 Å². The van der Waals surface area contributed by atoms with Crippen LogP contribution in [0.1, 0.15) is 53.4 Å². The zero-order chi connectivity index (χ0) is 14.6. The highest BCUT2D eigenvalue weighted by molar-refractivity contribution is 4.85. The lowest BCUT2D eigenvalue weighted by molar-refractivity contribution is -0.0648. The summed E-state index contributed by atoms with van der Waals surface area (Å²) in [6.07, 6.45) is 4.48. The second-order valence-corrected chi connectivity index (χ2v) is 7.50. The summed E-state index contributed by atoms with van der Waals surface area (Å²) in [6, 6.07) is 1.21. The zero-order valence-corrected chi connectivity index (χ0v) is 13.6. The third-order valence-electron chi connectivity index (χ3n) is 4.39. The molecule has 4 nitrogen and oxygen atoms in total. The van der Waals surface area contributed by atoms with Crippen molar-refractivity contribution in [2.24, 2.45) is 0 Å². The molecule has 0 aromatic carbocycles. The van der Waals surface area contributed by atoms with Crippen LogP contribution in [0.2, 0.25) is 0 Å². The van der Waals surface area contributed by atoms with Crippen molar-refractivity contribution in [3.63, 3.8) is 0 Å². The second-order valence-electron chi connectivity index (χ2n) is 7.50. The van der Waals surface area contributed by atoms with Crippen LogP contribution in [0.3, 0.4) is 0 Å². The van der Waals surface area contributed by atoms with Gasteiger partial charge in [0.05, 0.1) is 11.2 Å². The third-order valence-corrected chi connectivity index (χ3v) is 4.39. The van der Waals surface area contributed by atoms with Crippen LogP contribution in [0.4, 0.5) is 0 Å². The second kappa shape index (κ2) is 6.73. The highest BCUT2D eigenvalue weighted by atomic mass is 16.5. The smallest absolute Gasteiger partial charge is 0.0641 e. The predicted octanol–water partition coefficient (Wildman–Crippen LogP) is 2.08. The Balaban J connectivity index is 1.59. The highest BCUT2D eigenvalue weighted by Gasteiger charge is 2.29. The van der Waals surface area contributed by atoms with Gasteiger partial charge in [-0.2, -0.15) is 0 Å². The molecule has 2 fully saturated rings. The minimum absolute atomic E-state index is 0.0358. The number of hydrogen-bond acceptors (Lipinski definition) is 4. The molecule has 0 saturated carbocycles. The molecule has 0 bridgehead atoms. The molecule has 0 aromatic rings. The van der Waals surface area contributed by atoms with Crippen molar-refractivity contribution in [1.29, 1.82) is 0 Å². The van der Waals surface area contributed by atoms with Crippen LogP contribution < -0.4 is 10.6 Å². The zero-order valence-electron chi connectivity index (χ0n) is 13.6. The van der Waals surface area contributed by atoms with Crippen molar-refractivity contribution < 1.29 is 9.47 Å². The summed E-state index contributed by atoms with van der Waals surface area (Å²) in [5.41, 5.74) is 0.0716. The Labute approximate surface area is 124 Å². The van der Waals surface area contributed by atoms with Gasteiger partial charge in [0, 0.05) is 38.4 Å². The van der Waals surface area contributed by atoms with Gasteiger partial charge in [-0.05, 0) is 53.4 Å². The van der Waals surface area contributed by atoms with Crippen LogP contribution in [-0.4, -0.2) is 49.6 Å². The standard InChI is InChI=1S/C16H32N2O2/c1-15(2)11-13(5-9-19-15)17-7-8-18-14-6-10-20-16(3,4)12-14/h13-14,17-18H,5-12H2,1-4H3/t13-,14-/m1/s1. The molecular formula is C16H32N2O2. The molecular weight excluding hydrogens is 252 g/mol. The lowest BCUT2D eigenvalue weighted by Gasteiger charge is -2.37. The van der Waals surface area contributed by atoms with E-state index in [-0.39, 0.29) is 11.2 Å². The average molecular weight is 284 g/mol. The molecule has 0 unspecified atom stereocenters. The summed E-state index contributed by atoms with van der Waals surface area (Å²) in [7, 11) is 0. The quantitative estimate of drug-likeness (QED) is 0.759. The van der Waals surface area contributed by atoms with Crippen molar-refractivity contribution >= 4 is 0 Å². The van der Waals surface area contributed by atoms with Gasteiger partial charge in [-0.15, -0.1) is 0 Å². The van der Waals surface area contributed by atoms with E-state index in [1.54, 1.807) is 0 Å². The van der Waals surface area contributed by atoms with Crippen molar-refractivity contribution in [2.45, 2.75) is 76.7 Å². The molecule has 118 valence electrons.